The number of imidazole rings is 1. The lowest BCUT2D eigenvalue weighted by Crippen LogP contribution is -2.43. The van der Waals surface area contributed by atoms with E-state index in [2.05, 4.69) is 32.0 Å². The van der Waals surface area contributed by atoms with Crippen molar-refractivity contribution in [2.45, 2.75) is 38.8 Å². The van der Waals surface area contributed by atoms with Crippen LogP contribution in [0.5, 0.6) is 0 Å². The maximum absolute atomic E-state index is 13.7. The van der Waals surface area contributed by atoms with Crippen LogP contribution in [-0.2, 0) is 4.74 Å². The second-order valence-corrected chi connectivity index (χ2v) is 8.83. The average molecular weight is 481 g/mol. The number of benzene rings is 1. The van der Waals surface area contributed by atoms with Crippen LogP contribution in [0.2, 0.25) is 5.02 Å². The van der Waals surface area contributed by atoms with Crippen molar-refractivity contribution in [2.24, 2.45) is 0 Å². The van der Waals surface area contributed by atoms with E-state index in [-0.39, 0.29) is 17.1 Å². The topological polar surface area (TPSA) is 86.8 Å². The summed E-state index contributed by atoms with van der Waals surface area (Å²) in [5.41, 5.74) is 1.51. The van der Waals surface area contributed by atoms with E-state index in [1.807, 2.05) is 11.5 Å². The van der Waals surface area contributed by atoms with Gasteiger partial charge in [-0.15, -0.1) is 10.2 Å². The predicted octanol–water partition coefficient (Wildman–Crippen LogP) is 4.07. The highest BCUT2D eigenvalue weighted by Gasteiger charge is 2.39. The van der Waals surface area contributed by atoms with Gasteiger partial charge in [-0.1, -0.05) is 18.5 Å². The summed E-state index contributed by atoms with van der Waals surface area (Å²) in [5, 5.41) is 8.86. The van der Waals surface area contributed by atoms with E-state index in [0.717, 1.165) is 36.0 Å². The number of fused-ring (bicyclic) bond motifs is 3. The Bertz CT molecular complexity index is 1380. The first-order valence-electron chi connectivity index (χ1n) is 11.2. The third kappa shape index (κ3) is 3.20. The number of aryl methyl sites for hydroxylation is 1. The molecule has 0 amide bonds. The van der Waals surface area contributed by atoms with Crippen molar-refractivity contribution in [3.8, 4) is 23.0 Å². The zero-order valence-electron chi connectivity index (χ0n) is 18.7. The summed E-state index contributed by atoms with van der Waals surface area (Å²) in [4.78, 5) is 16.5. The minimum atomic E-state index is -0.478. The Hall–Kier alpha value is -3.37. The number of anilines is 1. The third-order valence-electron chi connectivity index (χ3n) is 6.43. The highest BCUT2D eigenvalue weighted by atomic mass is 35.5. The fourth-order valence-corrected chi connectivity index (χ4v) is 5.03. The third-order valence-corrected chi connectivity index (χ3v) is 6.72. The summed E-state index contributed by atoms with van der Waals surface area (Å²) >= 11 is 6.02. The molecule has 0 N–H and O–H groups in total. The van der Waals surface area contributed by atoms with Gasteiger partial charge in [-0.25, -0.2) is 14.4 Å². The van der Waals surface area contributed by atoms with Crippen molar-refractivity contribution in [3.05, 3.63) is 59.3 Å². The van der Waals surface area contributed by atoms with Crippen LogP contribution in [0, 0.1) is 12.7 Å². The van der Waals surface area contributed by atoms with Crippen LogP contribution in [0.3, 0.4) is 0 Å². The molecule has 1 saturated heterocycles. The molecule has 174 valence electrons. The van der Waals surface area contributed by atoms with Crippen LogP contribution in [0.25, 0.3) is 23.0 Å². The molecule has 6 rings (SSSR count). The maximum atomic E-state index is 13.7. The number of hydrogen-bond acceptors (Lipinski definition) is 7. The minimum Gasteiger partial charge on any atom is -0.379 e. The lowest BCUT2D eigenvalue weighted by molar-refractivity contribution is 0.191. The molecule has 1 fully saturated rings. The van der Waals surface area contributed by atoms with Gasteiger partial charge in [0.1, 0.15) is 23.2 Å². The molecule has 2 atom stereocenters. The summed E-state index contributed by atoms with van der Waals surface area (Å²) in [6, 6.07) is 4.71. The van der Waals surface area contributed by atoms with Gasteiger partial charge in [-0.05, 0) is 38.0 Å². The maximum Gasteiger partial charge on any atom is 0.237 e. The lowest BCUT2D eigenvalue weighted by atomic mass is 10.0. The number of nitrogens with zero attached hydrogens (tertiary/aromatic N) is 8. The fraction of sp³-hybridized carbons (Fsp3) is 0.348. The zero-order valence-corrected chi connectivity index (χ0v) is 19.4. The van der Waals surface area contributed by atoms with Gasteiger partial charge in [-0.2, -0.15) is 4.98 Å². The quantitative estimate of drug-likeness (QED) is 0.435. The summed E-state index contributed by atoms with van der Waals surface area (Å²) in [7, 11) is 0. The largest absolute Gasteiger partial charge is 0.379 e. The van der Waals surface area contributed by atoms with Gasteiger partial charge >= 0.3 is 0 Å². The van der Waals surface area contributed by atoms with Crippen molar-refractivity contribution in [1.29, 1.82) is 0 Å². The SMILES string of the molecule is CC[C@@H]1c2nnc(C)n2-c2cnc(-n3ccnc3-c3ccc(F)c(Cl)c3)nc2N1C1CCOC1. The molecule has 3 aromatic heterocycles. The van der Waals surface area contributed by atoms with E-state index in [1.54, 1.807) is 35.3 Å². The average Bonchev–Trinajstić information content (AvgIpc) is 3.61. The Morgan fingerprint density at radius 2 is 2.12 bits per heavy atom. The number of hydrogen-bond donors (Lipinski definition) is 0. The zero-order chi connectivity index (χ0) is 23.4. The van der Waals surface area contributed by atoms with Crippen molar-refractivity contribution in [3.63, 3.8) is 0 Å². The Balaban J connectivity index is 1.52. The molecule has 0 radical (unpaired) electrons. The van der Waals surface area contributed by atoms with Crippen LogP contribution < -0.4 is 4.90 Å². The number of aromatic nitrogens is 7. The van der Waals surface area contributed by atoms with Crippen LogP contribution in [0.4, 0.5) is 10.2 Å². The minimum absolute atomic E-state index is 0.0151. The molecule has 1 unspecified atom stereocenters. The van der Waals surface area contributed by atoms with E-state index in [1.165, 1.54) is 6.07 Å². The summed E-state index contributed by atoms with van der Waals surface area (Å²) in [6.45, 7) is 5.42. The molecule has 0 aliphatic carbocycles. The van der Waals surface area contributed by atoms with Crippen LogP contribution >= 0.6 is 11.6 Å². The van der Waals surface area contributed by atoms with Crippen LogP contribution in [-0.4, -0.2) is 53.5 Å². The molecular weight excluding hydrogens is 459 g/mol. The number of halogens is 2. The molecule has 2 aliphatic heterocycles. The van der Waals surface area contributed by atoms with Gasteiger partial charge in [0.2, 0.25) is 5.95 Å². The molecule has 2 aliphatic rings. The Morgan fingerprint density at radius 3 is 2.88 bits per heavy atom. The number of ether oxygens (including phenoxy) is 1. The first kappa shape index (κ1) is 21.2. The van der Waals surface area contributed by atoms with Gasteiger partial charge in [0.25, 0.3) is 0 Å². The van der Waals surface area contributed by atoms with Gasteiger partial charge in [0.05, 0.1) is 29.9 Å². The van der Waals surface area contributed by atoms with Crippen molar-refractivity contribution >= 4 is 17.4 Å². The van der Waals surface area contributed by atoms with E-state index in [4.69, 9.17) is 21.3 Å². The predicted molar refractivity (Wildman–Crippen MR) is 124 cm³/mol. The monoisotopic (exact) mass is 480 g/mol. The first-order chi connectivity index (χ1) is 16.6. The van der Waals surface area contributed by atoms with Crippen LogP contribution in [0.1, 0.15) is 37.5 Å². The molecule has 4 aromatic rings. The normalized spacial score (nSPS) is 19.4. The van der Waals surface area contributed by atoms with E-state index in [0.29, 0.717) is 30.5 Å². The van der Waals surface area contributed by atoms with Gasteiger partial charge in [-0.3, -0.25) is 9.13 Å². The molecule has 5 heterocycles. The van der Waals surface area contributed by atoms with Gasteiger partial charge in [0.15, 0.2) is 11.6 Å². The van der Waals surface area contributed by atoms with Crippen molar-refractivity contribution in [2.75, 3.05) is 18.1 Å². The summed E-state index contributed by atoms with van der Waals surface area (Å²) < 4.78 is 23.3. The first-order valence-corrected chi connectivity index (χ1v) is 11.6. The molecule has 0 spiro atoms. The number of rotatable bonds is 4. The molecule has 0 bridgehead atoms. The molecule has 11 heteroatoms. The summed E-state index contributed by atoms with van der Waals surface area (Å²) in [6.07, 6.45) is 7.00. The fourth-order valence-electron chi connectivity index (χ4n) is 4.85. The Kier molecular flexibility index (Phi) is 5.07. The van der Waals surface area contributed by atoms with E-state index >= 15 is 0 Å². The van der Waals surface area contributed by atoms with Crippen molar-refractivity contribution in [1.82, 2.24) is 34.3 Å². The molecular formula is C23H22ClFN8O. The molecule has 1 aromatic carbocycles. The summed E-state index contributed by atoms with van der Waals surface area (Å²) in [5.74, 6) is 3.03. The highest BCUT2D eigenvalue weighted by Crippen LogP contribution is 2.41. The molecule has 34 heavy (non-hydrogen) atoms. The Morgan fingerprint density at radius 1 is 1.24 bits per heavy atom. The lowest BCUT2D eigenvalue weighted by Gasteiger charge is -2.40. The smallest absolute Gasteiger partial charge is 0.237 e. The molecule has 0 saturated carbocycles. The standard InChI is InChI=1S/C23H22ClFN8O/c1-3-18-22-30-29-13(2)32(22)19-11-27-23(28-21(19)33(18)15-6-9-34-12-15)31-8-7-26-20(31)14-4-5-17(25)16(24)10-14/h4-5,7-8,10-11,15,18H,3,6,9,12H2,1-2H3/t15?,18-/m1/s1. The van der Waals surface area contributed by atoms with Gasteiger partial charge in [0, 0.05) is 24.6 Å². The Labute approximate surface area is 200 Å². The second kappa shape index (κ2) is 8.14. The van der Waals surface area contributed by atoms with Crippen LogP contribution in [0.15, 0.2) is 36.8 Å². The second-order valence-electron chi connectivity index (χ2n) is 8.42. The highest BCUT2D eigenvalue weighted by molar-refractivity contribution is 6.31. The van der Waals surface area contributed by atoms with Gasteiger partial charge < -0.3 is 9.64 Å². The molecule has 9 nitrogen and oxygen atoms in total. The van der Waals surface area contributed by atoms with E-state index in [9.17, 15) is 4.39 Å². The van der Waals surface area contributed by atoms with Crippen molar-refractivity contribution < 1.29 is 9.13 Å². The van der Waals surface area contributed by atoms with E-state index < -0.39 is 5.82 Å².